The molecule has 0 aliphatic heterocycles. The molecule has 0 unspecified atom stereocenters. The normalized spacial score (nSPS) is 9.60. The summed E-state index contributed by atoms with van der Waals surface area (Å²) in [5.41, 5.74) is 5.93. The third kappa shape index (κ3) is 3.34. The van der Waals surface area contributed by atoms with Gasteiger partial charge in [0, 0.05) is 12.5 Å². The van der Waals surface area contributed by atoms with Gasteiger partial charge in [0.2, 0.25) is 0 Å². The maximum Gasteiger partial charge on any atom is 0.141 e. The molecular formula is C12H13F2N. The number of benzene rings is 1. The van der Waals surface area contributed by atoms with Crippen molar-refractivity contribution < 1.29 is 8.78 Å². The van der Waals surface area contributed by atoms with Gasteiger partial charge < -0.3 is 5.73 Å². The fourth-order valence-corrected chi connectivity index (χ4v) is 1.10. The van der Waals surface area contributed by atoms with Crippen LogP contribution in [0.25, 0.3) is 0 Å². The average molecular weight is 209 g/mol. The first kappa shape index (κ1) is 11.7. The lowest BCUT2D eigenvalue weighted by Crippen LogP contribution is -1.96. The van der Waals surface area contributed by atoms with Gasteiger partial charge in [0.1, 0.15) is 11.6 Å². The van der Waals surface area contributed by atoms with E-state index in [1.165, 1.54) is 6.07 Å². The van der Waals surface area contributed by atoms with Crippen LogP contribution < -0.4 is 5.73 Å². The number of hydrogen-bond acceptors (Lipinski definition) is 1. The van der Waals surface area contributed by atoms with Crippen molar-refractivity contribution in [2.45, 2.75) is 19.8 Å². The minimum atomic E-state index is -0.613. The molecule has 0 bridgehead atoms. The Labute approximate surface area is 88.3 Å². The predicted octanol–water partition coefficient (Wildman–Crippen LogP) is 2.36. The van der Waals surface area contributed by atoms with Gasteiger partial charge in [-0.2, -0.15) is 0 Å². The van der Waals surface area contributed by atoms with E-state index in [0.717, 1.165) is 12.5 Å². The van der Waals surface area contributed by atoms with Crippen molar-refractivity contribution in [3.63, 3.8) is 0 Å². The second-order valence-electron chi connectivity index (χ2n) is 3.28. The largest absolute Gasteiger partial charge is 0.330 e. The monoisotopic (exact) mass is 209 g/mol. The van der Waals surface area contributed by atoms with Gasteiger partial charge >= 0.3 is 0 Å². The molecule has 0 heterocycles. The number of aryl methyl sites for hydroxylation is 1. The van der Waals surface area contributed by atoms with E-state index in [4.69, 9.17) is 5.73 Å². The van der Waals surface area contributed by atoms with Crippen LogP contribution in [0.5, 0.6) is 0 Å². The predicted molar refractivity (Wildman–Crippen MR) is 56.3 cm³/mol. The maximum absolute atomic E-state index is 13.2. The van der Waals surface area contributed by atoms with E-state index in [0.29, 0.717) is 18.5 Å². The van der Waals surface area contributed by atoms with E-state index >= 15 is 0 Å². The molecule has 2 N–H and O–H groups in total. The minimum Gasteiger partial charge on any atom is -0.330 e. The Bertz CT molecular complexity index is 402. The van der Waals surface area contributed by atoms with Crippen molar-refractivity contribution in [3.8, 4) is 11.8 Å². The van der Waals surface area contributed by atoms with Crippen molar-refractivity contribution in [1.82, 2.24) is 0 Å². The van der Waals surface area contributed by atoms with Crippen molar-refractivity contribution in [3.05, 3.63) is 34.9 Å². The zero-order valence-electron chi connectivity index (χ0n) is 8.61. The van der Waals surface area contributed by atoms with E-state index in [1.54, 1.807) is 6.92 Å². The second kappa shape index (κ2) is 5.47. The van der Waals surface area contributed by atoms with E-state index in [9.17, 15) is 8.78 Å². The maximum atomic E-state index is 13.2. The Hall–Kier alpha value is -1.40. The Balaban J connectivity index is 2.84. The van der Waals surface area contributed by atoms with Gasteiger partial charge in [-0.05, 0) is 31.5 Å². The summed E-state index contributed by atoms with van der Waals surface area (Å²) in [7, 11) is 0. The summed E-state index contributed by atoms with van der Waals surface area (Å²) in [5, 5.41) is 0. The van der Waals surface area contributed by atoms with Gasteiger partial charge in [0.25, 0.3) is 0 Å². The molecule has 80 valence electrons. The van der Waals surface area contributed by atoms with Crippen LogP contribution >= 0.6 is 0 Å². The van der Waals surface area contributed by atoms with Gasteiger partial charge in [0.15, 0.2) is 0 Å². The van der Waals surface area contributed by atoms with Gasteiger partial charge in [-0.15, -0.1) is 0 Å². The quantitative estimate of drug-likeness (QED) is 0.587. The number of halogens is 2. The Kier molecular flexibility index (Phi) is 4.26. The van der Waals surface area contributed by atoms with Crippen LogP contribution in [-0.2, 0) is 0 Å². The molecule has 3 heteroatoms. The fraction of sp³-hybridized carbons (Fsp3) is 0.333. The van der Waals surface area contributed by atoms with Crippen molar-refractivity contribution in [2.75, 3.05) is 6.54 Å². The van der Waals surface area contributed by atoms with E-state index in [2.05, 4.69) is 11.8 Å². The lowest BCUT2D eigenvalue weighted by Gasteiger charge is -1.98. The molecule has 0 aliphatic rings. The highest BCUT2D eigenvalue weighted by Gasteiger charge is 2.04. The van der Waals surface area contributed by atoms with Gasteiger partial charge in [-0.1, -0.05) is 11.8 Å². The number of unbranched alkanes of at least 4 members (excludes halogenated alkanes) is 1. The Morgan fingerprint density at radius 3 is 2.67 bits per heavy atom. The molecule has 0 aliphatic carbocycles. The lowest BCUT2D eigenvalue weighted by atomic mass is 10.1. The molecule has 0 saturated heterocycles. The van der Waals surface area contributed by atoms with E-state index in [-0.39, 0.29) is 5.56 Å². The number of rotatable bonds is 2. The van der Waals surface area contributed by atoms with Crippen LogP contribution in [0.1, 0.15) is 24.0 Å². The SMILES string of the molecule is Cc1cc(C#CCCCN)c(F)cc1F. The van der Waals surface area contributed by atoms with Crippen LogP contribution in [-0.4, -0.2) is 6.54 Å². The molecule has 0 radical (unpaired) electrons. The van der Waals surface area contributed by atoms with Gasteiger partial charge in [-0.3, -0.25) is 0 Å². The van der Waals surface area contributed by atoms with Gasteiger partial charge in [0.05, 0.1) is 5.56 Å². The van der Waals surface area contributed by atoms with Crippen LogP contribution in [0.2, 0.25) is 0 Å². The molecule has 1 aromatic rings. The molecule has 1 aromatic carbocycles. The molecule has 0 amide bonds. The van der Waals surface area contributed by atoms with Crippen molar-refractivity contribution >= 4 is 0 Å². The summed E-state index contributed by atoms with van der Waals surface area (Å²) in [6.07, 6.45) is 1.42. The van der Waals surface area contributed by atoms with Crippen molar-refractivity contribution in [2.24, 2.45) is 5.73 Å². The van der Waals surface area contributed by atoms with Crippen LogP contribution in [0, 0.1) is 30.4 Å². The molecule has 1 nitrogen and oxygen atoms in total. The molecule has 1 rings (SSSR count). The topological polar surface area (TPSA) is 26.0 Å². The minimum absolute atomic E-state index is 0.242. The molecular weight excluding hydrogens is 196 g/mol. The smallest absolute Gasteiger partial charge is 0.141 e. The lowest BCUT2D eigenvalue weighted by molar-refractivity contribution is 0.575. The zero-order valence-corrected chi connectivity index (χ0v) is 8.61. The third-order valence-corrected chi connectivity index (χ3v) is 1.98. The summed E-state index contributed by atoms with van der Waals surface area (Å²) in [6, 6.07) is 2.28. The average Bonchev–Trinajstić information content (AvgIpc) is 2.20. The molecule has 0 fully saturated rings. The third-order valence-electron chi connectivity index (χ3n) is 1.98. The summed E-state index contributed by atoms with van der Waals surface area (Å²) in [5.74, 6) is 4.31. The highest BCUT2D eigenvalue weighted by Crippen LogP contribution is 2.12. The molecule has 0 aromatic heterocycles. The molecule has 0 atom stereocenters. The Morgan fingerprint density at radius 1 is 1.27 bits per heavy atom. The summed E-state index contributed by atoms with van der Waals surface area (Å²) >= 11 is 0. The summed E-state index contributed by atoms with van der Waals surface area (Å²) in [4.78, 5) is 0. The fourth-order valence-electron chi connectivity index (χ4n) is 1.10. The standard InChI is InChI=1S/C12H13F2N/c1-9-7-10(5-3-2-4-6-15)12(14)8-11(9)13/h7-8H,2,4,6,15H2,1H3. The number of nitrogens with two attached hydrogens (primary N) is 1. The Morgan fingerprint density at radius 2 is 2.00 bits per heavy atom. The van der Waals surface area contributed by atoms with Crippen LogP contribution in [0.3, 0.4) is 0 Å². The van der Waals surface area contributed by atoms with Crippen LogP contribution in [0.15, 0.2) is 12.1 Å². The molecule has 15 heavy (non-hydrogen) atoms. The van der Waals surface area contributed by atoms with Gasteiger partial charge in [-0.25, -0.2) is 8.78 Å². The summed E-state index contributed by atoms with van der Waals surface area (Å²) < 4.78 is 26.1. The highest BCUT2D eigenvalue weighted by molar-refractivity contribution is 5.38. The number of hydrogen-bond donors (Lipinski definition) is 1. The second-order valence-corrected chi connectivity index (χ2v) is 3.28. The van der Waals surface area contributed by atoms with Crippen molar-refractivity contribution in [1.29, 1.82) is 0 Å². The summed E-state index contributed by atoms with van der Waals surface area (Å²) in [6.45, 7) is 2.15. The first-order valence-corrected chi connectivity index (χ1v) is 4.79. The molecule has 0 saturated carbocycles. The first-order valence-electron chi connectivity index (χ1n) is 4.79. The van der Waals surface area contributed by atoms with E-state index in [1.807, 2.05) is 0 Å². The zero-order chi connectivity index (χ0) is 11.3. The van der Waals surface area contributed by atoms with Crippen LogP contribution in [0.4, 0.5) is 8.78 Å². The highest BCUT2D eigenvalue weighted by atomic mass is 19.1. The molecule has 0 spiro atoms. The van der Waals surface area contributed by atoms with E-state index < -0.39 is 11.6 Å². The first-order chi connectivity index (χ1) is 7.15.